The highest BCUT2D eigenvalue weighted by atomic mass is 32.1. The number of hydrogen-bond acceptors (Lipinski definition) is 3. The van der Waals surface area contributed by atoms with Crippen LogP contribution >= 0.6 is 11.3 Å². The molecular weight excluding hydrogens is 228 g/mol. The minimum atomic E-state index is -0.251. The molecule has 2 nitrogen and oxygen atoms in total. The van der Waals surface area contributed by atoms with Gasteiger partial charge in [0, 0.05) is 16.9 Å². The zero-order valence-corrected chi connectivity index (χ0v) is 11.0. The van der Waals surface area contributed by atoms with E-state index in [4.69, 9.17) is 5.26 Å². The van der Waals surface area contributed by atoms with Crippen molar-refractivity contribution < 1.29 is 0 Å². The van der Waals surface area contributed by atoms with Gasteiger partial charge >= 0.3 is 0 Å². The predicted molar refractivity (Wildman–Crippen MR) is 74.3 cm³/mol. The maximum Gasteiger partial charge on any atom is 0.0684 e. The molecule has 0 saturated heterocycles. The SMILES string of the molecule is CC(C)(C#N)CCNc1ccc2sccc2c1. The van der Waals surface area contributed by atoms with Crippen molar-refractivity contribution in [3.63, 3.8) is 0 Å². The van der Waals surface area contributed by atoms with Crippen LogP contribution in [0.4, 0.5) is 5.69 Å². The molecule has 3 heteroatoms. The Balaban J connectivity index is 1.97. The fourth-order valence-corrected chi connectivity index (χ4v) is 2.42. The zero-order valence-electron chi connectivity index (χ0n) is 10.2. The van der Waals surface area contributed by atoms with Gasteiger partial charge in [-0.1, -0.05) is 0 Å². The first kappa shape index (κ1) is 11.9. The molecule has 2 rings (SSSR count). The van der Waals surface area contributed by atoms with E-state index in [1.165, 1.54) is 10.1 Å². The molecule has 0 amide bonds. The largest absolute Gasteiger partial charge is 0.385 e. The molecule has 88 valence electrons. The second-order valence-corrected chi connectivity index (χ2v) is 5.79. The Labute approximate surface area is 106 Å². The molecule has 0 spiro atoms. The maximum atomic E-state index is 8.93. The maximum absolute atomic E-state index is 8.93. The molecule has 0 aliphatic carbocycles. The van der Waals surface area contributed by atoms with Crippen LogP contribution in [-0.2, 0) is 0 Å². The van der Waals surface area contributed by atoms with E-state index < -0.39 is 0 Å². The normalized spacial score (nSPS) is 11.4. The molecule has 1 N–H and O–H groups in total. The van der Waals surface area contributed by atoms with Gasteiger partial charge in [0.2, 0.25) is 0 Å². The highest BCUT2D eigenvalue weighted by Gasteiger charge is 2.15. The quantitative estimate of drug-likeness (QED) is 0.872. The monoisotopic (exact) mass is 244 g/mol. The molecule has 0 aliphatic heterocycles. The summed E-state index contributed by atoms with van der Waals surface area (Å²) in [6.07, 6.45) is 0.852. The van der Waals surface area contributed by atoms with Crippen LogP contribution in [0.2, 0.25) is 0 Å². The molecule has 0 aliphatic rings. The number of anilines is 1. The van der Waals surface area contributed by atoms with Crippen LogP contribution in [0.5, 0.6) is 0 Å². The Kier molecular flexibility index (Phi) is 3.35. The summed E-state index contributed by atoms with van der Waals surface area (Å²) in [5.41, 5.74) is 0.879. The Morgan fingerprint density at radius 2 is 2.18 bits per heavy atom. The molecule has 0 unspecified atom stereocenters. The van der Waals surface area contributed by atoms with Gasteiger partial charge in [0.15, 0.2) is 0 Å². The van der Waals surface area contributed by atoms with E-state index in [1.807, 2.05) is 13.8 Å². The molecule has 1 aromatic carbocycles. The first-order valence-electron chi connectivity index (χ1n) is 5.73. The van der Waals surface area contributed by atoms with Crippen LogP contribution in [0, 0.1) is 16.7 Å². The van der Waals surface area contributed by atoms with Crippen molar-refractivity contribution in [2.45, 2.75) is 20.3 Å². The van der Waals surface area contributed by atoms with Gasteiger partial charge in [-0.2, -0.15) is 5.26 Å². The lowest BCUT2D eigenvalue weighted by Crippen LogP contribution is -2.14. The number of benzene rings is 1. The van der Waals surface area contributed by atoms with E-state index in [9.17, 15) is 0 Å². The third kappa shape index (κ3) is 2.98. The number of fused-ring (bicyclic) bond motifs is 1. The molecule has 0 radical (unpaired) electrons. The van der Waals surface area contributed by atoms with Gasteiger partial charge in [-0.15, -0.1) is 11.3 Å². The molecular formula is C14H16N2S. The third-order valence-electron chi connectivity index (χ3n) is 2.83. The molecule has 1 heterocycles. The van der Waals surface area contributed by atoms with Crippen LogP contribution in [0.15, 0.2) is 29.6 Å². The minimum Gasteiger partial charge on any atom is -0.385 e. The first-order valence-corrected chi connectivity index (χ1v) is 6.61. The summed E-state index contributed by atoms with van der Waals surface area (Å²) in [5, 5.41) is 15.7. The molecule has 1 aromatic heterocycles. The smallest absolute Gasteiger partial charge is 0.0684 e. The topological polar surface area (TPSA) is 35.8 Å². The Morgan fingerprint density at radius 3 is 2.94 bits per heavy atom. The van der Waals surface area contributed by atoms with Crippen molar-refractivity contribution in [3.8, 4) is 6.07 Å². The summed E-state index contributed by atoms with van der Waals surface area (Å²) in [5.74, 6) is 0. The van der Waals surface area contributed by atoms with Crippen molar-refractivity contribution in [2.24, 2.45) is 5.41 Å². The Bertz CT molecular complexity index is 549. The van der Waals surface area contributed by atoms with E-state index in [0.717, 1.165) is 18.7 Å². The molecule has 0 atom stereocenters. The van der Waals surface area contributed by atoms with Crippen LogP contribution in [0.25, 0.3) is 10.1 Å². The van der Waals surface area contributed by atoms with Gasteiger partial charge in [-0.25, -0.2) is 0 Å². The predicted octanol–water partition coefficient (Wildman–Crippen LogP) is 4.25. The standard InChI is InChI=1S/C14H16N2S/c1-14(2,10-15)6-7-16-12-3-4-13-11(9-12)5-8-17-13/h3-5,8-9,16H,6-7H2,1-2H3. The van der Waals surface area contributed by atoms with Crippen molar-refractivity contribution in [3.05, 3.63) is 29.6 Å². The summed E-state index contributed by atoms with van der Waals surface area (Å²) in [6, 6.07) is 10.8. The summed E-state index contributed by atoms with van der Waals surface area (Å²) >= 11 is 1.76. The number of hydrogen-bond donors (Lipinski definition) is 1. The number of thiophene rings is 1. The summed E-state index contributed by atoms with van der Waals surface area (Å²) in [6.45, 7) is 4.77. The zero-order chi connectivity index (χ0) is 12.3. The highest BCUT2D eigenvalue weighted by molar-refractivity contribution is 7.17. The number of rotatable bonds is 4. The second kappa shape index (κ2) is 4.77. The van der Waals surface area contributed by atoms with Crippen LogP contribution in [0.3, 0.4) is 0 Å². The van der Waals surface area contributed by atoms with Crippen molar-refractivity contribution >= 4 is 27.1 Å². The average molecular weight is 244 g/mol. The average Bonchev–Trinajstić information content (AvgIpc) is 2.76. The summed E-state index contributed by atoms with van der Waals surface area (Å²) in [4.78, 5) is 0. The number of nitrogens with zero attached hydrogens (tertiary/aromatic N) is 1. The number of nitriles is 1. The fraction of sp³-hybridized carbons (Fsp3) is 0.357. The molecule has 17 heavy (non-hydrogen) atoms. The van der Waals surface area contributed by atoms with Gasteiger partial charge < -0.3 is 5.32 Å². The number of nitrogens with one attached hydrogen (secondary N) is 1. The molecule has 2 aromatic rings. The molecule has 0 bridgehead atoms. The van der Waals surface area contributed by atoms with Crippen molar-refractivity contribution in [2.75, 3.05) is 11.9 Å². The lowest BCUT2D eigenvalue weighted by Gasteiger charge is -2.15. The third-order valence-corrected chi connectivity index (χ3v) is 3.73. The van der Waals surface area contributed by atoms with Crippen LogP contribution < -0.4 is 5.32 Å². The first-order chi connectivity index (χ1) is 8.11. The summed E-state index contributed by atoms with van der Waals surface area (Å²) in [7, 11) is 0. The van der Waals surface area contributed by atoms with Crippen molar-refractivity contribution in [1.29, 1.82) is 5.26 Å². The lowest BCUT2D eigenvalue weighted by molar-refractivity contribution is 0.466. The lowest BCUT2D eigenvalue weighted by atomic mass is 9.91. The van der Waals surface area contributed by atoms with E-state index in [-0.39, 0.29) is 5.41 Å². The van der Waals surface area contributed by atoms with Crippen LogP contribution in [-0.4, -0.2) is 6.54 Å². The van der Waals surface area contributed by atoms with Crippen LogP contribution in [0.1, 0.15) is 20.3 Å². The van der Waals surface area contributed by atoms with E-state index in [1.54, 1.807) is 11.3 Å². The van der Waals surface area contributed by atoms with Gasteiger partial charge in [-0.3, -0.25) is 0 Å². The van der Waals surface area contributed by atoms with E-state index >= 15 is 0 Å². The highest BCUT2D eigenvalue weighted by Crippen LogP contribution is 2.24. The molecule has 0 saturated carbocycles. The minimum absolute atomic E-state index is 0.251. The van der Waals surface area contributed by atoms with Gasteiger partial charge in [0.1, 0.15) is 0 Å². The van der Waals surface area contributed by atoms with E-state index in [2.05, 4.69) is 41.0 Å². The Morgan fingerprint density at radius 1 is 1.35 bits per heavy atom. The van der Waals surface area contributed by atoms with Crippen molar-refractivity contribution in [1.82, 2.24) is 0 Å². The second-order valence-electron chi connectivity index (χ2n) is 4.85. The Hall–Kier alpha value is -1.53. The van der Waals surface area contributed by atoms with Gasteiger partial charge in [0.05, 0.1) is 11.5 Å². The van der Waals surface area contributed by atoms with Gasteiger partial charge in [0.25, 0.3) is 0 Å². The fourth-order valence-electron chi connectivity index (χ4n) is 1.65. The summed E-state index contributed by atoms with van der Waals surface area (Å²) < 4.78 is 1.31. The van der Waals surface area contributed by atoms with E-state index in [0.29, 0.717) is 0 Å². The molecule has 0 fully saturated rings. The van der Waals surface area contributed by atoms with Gasteiger partial charge in [-0.05, 0) is 55.3 Å².